The highest BCUT2D eigenvalue weighted by atomic mass is 32.2. The number of fused-ring (bicyclic) bond motifs is 1. The van der Waals surface area contributed by atoms with Crippen LogP contribution in [-0.4, -0.2) is 24.9 Å². The van der Waals surface area contributed by atoms with Crippen molar-refractivity contribution in [1.29, 1.82) is 0 Å². The largest absolute Gasteiger partial charge is 0.328 e. The van der Waals surface area contributed by atoms with Crippen LogP contribution in [0.25, 0.3) is 0 Å². The van der Waals surface area contributed by atoms with Crippen LogP contribution in [-0.2, 0) is 12.8 Å². The van der Waals surface area contributed by atoms with Gasteiger partial charge in [-0.3, -0.25) is 0 Å². The molecule has 1 aliphatic heterocycles. The Balaban J connectivity index is 1.76. The number of nitrogens with two attached hydrogens (primary N) is 1. The van der Waals surface area contributed by atoms with Crippen molar-refractivity contribution in [2.45, 2.75) is 43.5 Å². The number of rotatable bonds is 6. The first-order chi connectivity index (χ1) is 8.75. The average Bonchev–Trinajstić information content (AvgIpc) is 2.38. The van der Waals surface area contributed by atoms with E-state index in [4.69, 9.17) is 5.73 Å². The monoisotopic (exact) mass is 264 g/mol. The number of benzene rings is 1. The van der Waals surface area contributed by atoms with E-state index in [9.17, 15) is 0 Å². The van der Waals surface area contributed by atoms with Crippen LogP contribution >= 0.6 is 11.8 Å². The summed E-state index contributed by atoms with van der Waals surface area (Å²) in [5.74, 6) is 1.28. The first-order valence-electron chi connectivity index (χ1n) is 6.96. The Morgan fingerprint density at radius 2 is 2.28 bits per heavy atom. The molecule has 3 N–H and O–H groups in total. The highest BCUT2D eigenvalue weighted by Crippen LogP contribution is 2.30. The molecule has 1 aromatic rings. The van der Waals surface area contributed by atoms with Gasteiger partial charge in [-0.05, 0) is 68.6 Å². The summed E-state index contributed by atoms with van der Waals surface area (Å²) in [4.78, 5) is 1.50. The molecule has 0 radical (unpaired) electrons. The van der Waals surface area contributed by atoms with Crippen molar-refractivity contribution < 1.29 is 0 Å². The summed E-state index contributed by atoms with van der Waals surface area (Å²) in [5, 5.41) is 3.46. The zero-order valence-corrected chi connectivity index (χ0v) is 12.1. The van der Waals surface area contributed by atoms with Crippen molar-refractivity contribution in [1.82, 2.24) is 5.32 Å². The van der Waals surface area contributed by atoms with Gasteiger partial charge in [0.2, 0.25) is 0 Å². The van der Waals surface area contributed by atoms with Crippen molar-refractivity contribution in [3.63, 3.8) is 0 Å². The van der Waals surface area contributed by atoms with Crippen LogP contribution in [0.3, 0.4) is 0 Å². The smallest absolute Gasteiger partial charge is 0.0104 e. The first kappa shape index (κ1) is 13.9. The van der Waals surface area contributed by atoms with E-state index in [-0.39, 0.29) is 0 Å². The second kappa shape index (κ2) is 7.17. The molecule has 0 aliphatic carbocycles. The van der Waals surface area contributed by atoms with Crippen LogP contribution < -0.4 is 11.1 Å². The van der Waals surface area contributed by atoms with Crippen LogP contribution in [0, 0.1) is 0 Å². The summed E-state index contributed by atoms with van der Waals surface area (Å²) < 4.78 is 0. The van der Waals surface area contributed by atoms with Crippen molar-refractivity contribution in [2.75, 3.05) is 18.8 Å². The van der Waals surface area contributed by atoms with Gasteiger partial charge in [0.15, 0.2) is 0 Å². The molecule has 0 amide bonds. The Morgan fingerprint density at radius 3 is 3.11 bits per heavy atom. The second-order valence-electron chi connectivity index (χ2n) is 5.16. The molecule has 2 rings (SSSR count). The Morgan fingerprint density at radius 1 is 1.39 bits per heavy atom. The van der Waals surface area contributed by atoms with E-state index in [1.807, 2.05) is 11.8 Å². The molecule has 100 valence electrons. The predicted octanol–water partition coefficient (Wildman–Crippen LogP) is 2.59. The molecule has 1 atom stereocenters. The molecule has 2 nitrogen and oxygen atoms in total. The van der Waals surface area contributed by atoms with Crippen molar-refractivity contribution in [2.24, 2.45) is 5.73 Å². The normalized spacial score (nSPS) is 16.3. The van der Waals surface area contributed by atoms with E-state index in [1.165, 1.54) is 29.1 Å². The molecule has 18 heavy (non-hydrogen) atoms. The number of thioether (sulfide) groups is 1. The summed E-state index contributed by atoms with van der Waals surface area (Å²) in [7, 11) is 0. The fraction of sp³-hybridized carbons (Fsp3) is 0.600. The zero-order valence-electron chi connectivity index (χ0n) is 11.2. The van der Waals surface area contributed by atoms with E-state index < -0.39 is 0 Å². The maximum atomic E-state index is 5.72. The molecule has 1 aliphatic rings. The maximum Gasteiger partial charge on any atom is 0.0104 e. The highest BCUT2D eigenvalue weighted by Gasteiger charge is 2.09. The summed E-state index contributed by atoms with van der Waals surface area (Å²) in [6.45, 7) is 4.14. The van der Waals surface area contributed by atoms with E-state index in [2.05, 4.69) is 30.4 Å². The van der Waals surface area contributed by atoms with Gasteiger partial charge in [-0.25, -0.2) is 0 Å². The lowest BCUT2D eigenvalue weighted by atomic mass is 10.0. The molecule has 0 aromatic heterocycles. The second-order valence-corrected chi connectivity index (χ2v) is 6.30. The Kier molecular flexibility index (Phi) is 5.54. The lowest BCUT2D eigenvalue weighted by molar-refractivity contribution is 0.590. The van der Waals surface area contributed by atoms with Crippen LogP contribution in [0.4, 0.5) is 0 Å². The third-order valence-corrected chi connectivity index (χ3v) is 4.54. The minimum atomic E-state index is 0.304. The topological polar surface area (TPSA) is 38.0 Å². The Hall–Kier alpha value is -0.510. The number of hydrogen-bond donors (Lipinski definition) is 2. The predicted molar refractivity (Wildman–Crippen MR) is 80.3 cm³/mol. The molecular formula is C15H24N2S. The van der Waals surface area contributed by atoms with Crippen LogP contribution in [0.15, 0.2) is 23.1 Å². The molecule has 1 heterocycles. The van der Waals surface area contributed by atoms with E-state index in [0.717, 1.165) is 25.9 Å². The SMILES string of the molecule is CC(N)CCNCCc1ccc2c(c1)CCCS2. The number of nitrogens with one attached hydrogen (secondary N) is 1. The average molecular weight is 264 g/mol. The lowest BCUT2D eigenvalue weighted by Crippen LogP contribution is -2.25. The maximum absolute atomic E-state index is 5.72. The van der Waals surface area contributed by atoms with Gasteiger partial charge in [0.05, 0.1) is 0 Å². The van der Waals surface area contributed by atoms with Crippen molar-refractivity contribution in [3.8, 4) is 0 Å². The lowest BCUT2D eigenvalue weighted by Gasteiger charge is -2.16. The third kappa shape index (κ3) is 4.30. The van der Waals surface area contributed by atoms with Gasteiger partial charge in [0.1, 0.15) is 0 Å². The van der Waals surface area contributed by atoms with Gasteiger partial charge >= 0.3 is 0 Å². The van der Waals surface area contributed by atoms with Crippen LogP contribution in [0.2, 0.25) is 0 Å². The summed E-state index contributed by atoms with van der Waals surface area (Å²) in [6, 6.07) is 7.29. The van der Waals surface area contributed by atoms with Gasteiger partial charge in [-0.1, -0.05) is 12.1 Å². The fourth-order valence-electron chi connectivity index (χ4n) is 2.26. The Labute approximate surface area is 115 Å². The van der Waals surface area contributed by atoms with Gasteiger partial charge in [0, 0.05) is 10.9 Å². The van der Waals surface area contributed by atoms with Gasteiger partial charge in [-0.15, -0.1) is 11.8 Å². The first-order valence-corrected chi connectivity index (χ1v) is 7.95. The number of aryl methyl sites for hydroxylation is 1. The molecule has 0 bridgehead atoms. The van der Waals surface area contributed by atoms with Crippen molar-refractivity contribution >= 4 is 11.8 Å². The molecule has 1 unspecified atom stereocenters. The van der Waals surface area contributed by atoms with E-state index in [0.29, 0.717) is 6.04 Å². The molecule has 0 saturated carbocycles. The van der Waals surface area contributed by atoms with Crippen LogP contribution in [0.5, 0.6) is 0 Å². The summed E-state index contributed by atoms with van der Waals surface area (Å²) in [6.07, 6.45) is 4.76. The molecule has 0 spiro atoms. The van der Waals surface area contributed by atoms with Gasteiger partial charge in [0.25, 0.3) is 0 Å². The van der Waals surface area contributed by atoms with Gasteiger partial charge in [-0.2, -0.15) is 0 Å². The minimum Gasteiger partial charge on any atom is -0.328 e. The summed E-state index contributed by atoms with van der Waals surface area (Å²) in [5.41, 5.74) is 8.74. The Bertz CT molecular complexity index is 377. The third-order valence-electron chi connectivity index (χ3n) is 3.34. The van der Waals surface area contributed by atoms with Gasteiger partial charge < -0.3 is 11.1 Å². The standard InChI is InChI=1S/C15H24N2S/c1-12(16)6-8-17-9-7-13-4-5-15-14(11-13)3-2-10-18-15/h4-5,11-12,17H,2-3,6-10,16H2,1H3. The molecule has 3 heteroatoms. The highest BCUT2D eigenvalue weighted by molar-refractivity contribution is 7.99. The fourth-order valence-corrected chi connectivity index (χ4v) is 3.28. The van der Waals surface area contributed by atoms with Crippen LogP contribution in [0.1, 0.15) is 30.9 Å². The number of hydrogen-bond acceptors (Lipinski definition) is 3. The van der Waals surface area contributed by atoms with Crippen molar-refractivity contribution in [3.05, 3.63) is 29.3 Å². The molecular weight excluding hydrogens is 240 g/mol. The molecule has 0 fully saturated rings. The summed E-state index contributed by atoms with van der Waals surface area (Å²) >= 11 is 2.00. The van der Waals surface area contributed by atoms with E-state index in [1.54, 1.807) is 5.56 Å². The van der Waals surface area contributed by atoms with E-state index >= 15 is 0 Å². The quantitative estimate of drug-likeness (QED) is 0.776. The molecule has 0 saturated heterocycles. The zero-order chi connectivity index (χ0) is 12.8. The minimum absolute atomic E-state index is 0.304. The molecule has 1 aromatic carbocycles.